The molecule has 0 saturated heterocycles. The molecule has 1 aromatic carbocycles. The summed E-state index contributed by atoms with van der Waals surface area (Å²) in [6.45, 7) is 3.11. The van der Waals surface area contributed by atoms with Gasteiger partial charge in [-0.25, -0.2) is 0 Å². The van der Waals surface area contributed by atoms with Crippen LogP contribution in [0.2, 0.25) is 0 Å². The van der Waals surface area contributed by atoms with Crippen molar-refractivity contribution in [2.24, 2.45) is 5.92 Å². The van der Waals surface area contributed by atoms with Gasteiger partial charge in [0, 0.05) is 23.7 Å². The van der Waals surface area contributed by atoms with E-state index in [2.05, 4.69) is 18.9 Å². The van der Waals surface area contributed by atoms with Gasteiger partial charge in [0.15, 0.2) is 0 Å². The molecule has 5 atom stereocenters. The molecule has 5 heteroatoms. The Balaban J connectivity index is 1.67. The minimum absolute atomic E-state index is 0.0787. The van der Waals surface area contributed by atoms with Crippen LogP contribution < -0.4 is 4.74 Å². The van der Waals surface area contributed by atoms with Gasteiger partial charge in [-0.05, 0) is 63.6 Å². The molecular formula is C23H33NO4. The van der Waals surface area contributed by atoms with Gasteiger partial charge in [-0.15, -0.1) is 0 Å². The first-order valence-electron chi connectivity index (χ1n) is 11.0. The molecule has 0 aromatic heterocycles. The van der Waals surface area contributed by atoms with E-state index >= 15 is 0 Å². The predicted octanol–water partition coefficient (Wildman–Crippen LogP) is 2.73. The Morgan fingerprint density at radius 3 is 2.71 bits per heavy atom. The highest BCUT2D eigenvalue weighted by Crippen LogP contribution is 2.63. The number of hydrogen-bond acceptors (Lipinski definition) is 5. The summed E-state index contributed by atoms with van der Waals surface area (Å²) in [5, 5.41) is 34.0. The Hall–Kier alpha value is -1.30. The van der Waals surface area contributed by atoms with Gasteiger partial charge in [0.25, 0.3) is 0 Å². The van der Waals surface area contributed by atoms with Crippen molar-refractivity contribution >= 4 is 0 Å². The van der Waals surface area contributed by atoms with Crippen LogP contribution in [0.25, 0.3) is 0 Å². The molecule has 2 saturated carbocycles. The molecule has 0 bridgehead atoms. The van der Waals surface area contributed by atoms with Crippen molar-refractivity contribution in [2.75, 3.05) is 13.6 Å². The minimum Gasteiger partial charge on any atom is -0.508 e. The number of rotatable bonds is 5. The lowest BCUT2D eigenvalue weighted by atomic mass is 9.50. The van der Waals surface area contributed by atoms with Crippen LogP contribution in [0.5, 0.6) is 11.5 Å². The summed E-state index contributed by atoms with van der Waals surface area (Å²) in [6, 6.07) is 3.45. The molecule has 0 spiro atoms. The third-order valence-corrected chi connectivity index (χ3v) is 8.27. The van der Waals surface area contributed by atoms with Crippen LogP contribution in [-0.2, 0) is 11.8 Å². The lowest BCUT2D eigenvalue weighted by Crippen LogP contribution is -2.73. The molecule has 1 heterocycles. The first kappa shape index (κ1) is 18.7. The maximum Gasteiger partial charge on any atom is 0.137 e. The highest BCUT2D eigenvalue weighted by Gasteiger charge is 2.70. The number of hydrogen-bond donors (Lipinski definition) is 3. The maximum atomic E-state index is 12.4. The van der Waals surface area contributed by atoms with Gasteiger partial charge in [-0.1, -0.05) is 19.8 Å². The van der Waals surface area contributed by atoms with Crippen molar-refractivity contribution in [3.05, 3.63) is 23.3 Å². The van der Waals surface area contributed by atoms with E-state index in [0.717, 1.165) is 36.3 Å². The van der Waals surface area contributed by atoms with Gasteiger partial charge in [-0.2, -0.15) is 0 Å². The minimum atomic E-state index is -0.961. The summed E-state index contributed by atoms with van der Waals surface area (Å²) < 4.78 is 6.29. The molecule has 3 unspecified atom stereocenters. The van der Waals surface area contributed by atoms with Gasteiger partial charge in [0.1, 0.15) is 17.6 Å². The number of aliphatic hydroxyl groups is 2. The summed E-state index contributed by atoms with van der Waals surface area (Å²) in [5.74, 6) is 1.75. The monoisotopic (exact) mass is 387 g/mol. The van der Waals surface area contributed by atoms with Gasteiger partial charge in [-0.3, -0.25) is 4.90 Å². The number of phenols is 1. The topological polar surface area (TPSA) is 73.2 Å². The van der Waals surface area contributed by atoms with E-state index in [1.807, 2.05) is 6.07 Å². The molecule has 0 radical (unpaired) electrons. The SMILES string of the molecule is CCC[C@@]12c3c4ccc(O)c3CC(N(C)CC3CCC3)C1(O)CC[C@H](O)C2O4. The molecule has 154 valence electrons. The van der Waals surface area contributed by atoms with E-state index in [0.29, 0.717) is 30.9 Å². The van der Waals surface area contributed by atoms with Crippen molar-refractivity contribution in [2.45, 2.75) is 87.6 Å². The van der Waals surface area contributed by atoms with Crippen molar-refractivity contribution in [1.29, 1.82) is 0 Å². The van der Waals surface area contributed by atoms with Gasteiger partial charge >= 0.3 is 0 Å². The molecule has 2 fully saturated rings. The highest BCUT2D eigenvalue weighted by atomic mass is 16.5. The molecule has 3 aliphatic carbocycles. The second-order valence-corrected chi connectivity index (χ2v) is 9.68. The van der Waals surface area contributed by atoms with Crippen LogP contribution in [0.4, 0.5) is 0 Å². The van der Waals surface area contributed by atoms with Crippen LogP contribution in [0.3, 0.4) is 0 Å². The normalized spacial score (nSPS) is 38.8. The Kier molecular flexibility index (Phi) is 4.24. The van der Waals surface area contributed by atoms with Gasteiger partial charge < -0.3 is 20.1 Å². The number of benzene rings is 1. The van der Waals surface area contributed by atoms with Crippen molar-refractivity contribution in [1.82, 2.24) is 4.90 Å². The van der Waals surface area contributed by atoms with Crippen LogP contribution in [0, 0.1) is 5.92 Å². The Morgan fingerprint density at radius 2 is 2.04 bits per heavy atom. The molecule has 3 N–H and O–H groups in total. The van der Waals surface area contributed by atoms with E-state index in [4.69, 9.17) is 4.74 Å². The Morgan fingerprint density at radius 1 is 1.25 bits per heavy atom. The molecule has 1 aromatic rings. The van der Waals surface area contributed by atoms with E-state index in [9.17, 15) is 15.3 Å². The average molecular weight is 388 g/mol. The number of aromatic hydroxyl groups is 1. The second kappa shape index (κ2) is 6.35. The maximum absolute atomic E-state index is 12.4. The Labute approximate surface area is 167 Å². The summed E-state index contributed by atoms with van der Waals surface area (Å²) in [5.41, 5.74) is 0.267. The number of aliphatic hydroxyl groups excluding tert-OH is 1. The molecule has 5 nitrogen and oxygen atoms in total. The third-order valence-electron chi connectivity index (χ3n) is 8.27. The molecule has 4 aliphatic rings. The van der Waals surface area contributed by atoms with Crippen LogP contribution >= 0.6 is 0 Å². The average Bonchev–Trinajstić information content (AvgIpc) is 2.98. The summed E-state index contributed by atoms with van der Waals surface area (Å²) >= 11 is 0. The smallest absolute Gasteiger partial charge is 0.137 e. The third kappa shape index (κ3) is 2.24. The van der Waals surface area contributed by atoms with Crippen molar-refractivity contribution in [3.8, 4) is 11.5 Å². The zero-order valence-electron chi connectivity index (χ0n) is 17.0. The number of ether oxygens (including phenoxy) is 1. The fourth-order valence-corrected chi connectivity index (χ4v) is 6.84. The lowest BCUT2D eigenvalue weighted by Gasteiger charge is -2.60. The quantitative estimate of drug-likeness (QED) is 0.725. The van der Waals surface area contributed by atoms with Crippen LogP contribution in [0.1, 0.15) is 63.0 Å². The zero-order chi connectivity index (χ0) is 19.7. The molecule has 28 heavy (non-hydrogen) atoms. The Bertz CT molecular complexity index is 778. The van der Waals surface area contributed by atoms with Crippen LogP contribution in [0.15, 0.2) is 12.1 Å². The summed E-state index contributed by atoms with van der Waals surface area (Å²) in [4.78, 5) is 2.34. The lowest BCUT2D eigenvalue weighted by molar-refractivity contribution is -0.185. The molecule has 5 rings (SSSR count). The largest absolute Gasteiger partial charge is 0.508 e. The van der Waals surface area contributed by atoms with E-state index in [1.54, 1.807) is 6.07 Å². The first-order chi connectivity index (χ1) is 13.4. The first-order valence-corrected chi connectivity index (χ1v) is 11.0. The number of nitrogens with zero attached hydrogens (tertiary/aromatic N) is 1. The zero-order valence-corrected chi connectivity index (χ0v) is 17.0. The van der Waals surface area contributed by atoms with Crippen molar-refractivity contribution < 1.29 is 20.1 Å². The fourth-order valence-electron chi connectivity index (χ4n) is 6.84. The highest BCUT2D eigenvalue weighted by molar-refractivity contribution is 5.60. The van der Waals surface area contributed by atoms with E-state index in [1.165, 1.54) is 19.3 Å². The van der Waals surface area contributed by atoms with E-state index in [-0.39, 0.29) is 6.04 Å². The van der Waals surface area contributed by atoms with Crippen molar-refractivity contribution in [3.63, 3.8) is 0 Å². The standard InChI is InChI=1S/C23H33NO4/c1-3-10-22-20-15-12-19(24(2)13-14-5-4-6-14)23(22,27)11-9-17(26)21(22)28-18(20)8-7-16(15)25/h7-8,14,17,19,21,25-27H,3-6,9-13H2,1-2H3/t17-,19?,21?,22-,23?/m0/s1. The van der Waals surface area contributed by atoms with Gasteiger partial charge in [0.2, 0.25) is 0 Å². The molecule has 0 amide bonds. The van der Waals surface area contributed by atoms with E-state index < -0.39 is 23.2 Å². The molecule has 1 aliphatic heterocycles. The number of likely N-dealkylation sites (N-methyl/N-ethyl adjacent to an activating group) is 1. The van der Waals surface area contributed by atoms with Gasteiger partial charge in [0.05, 0.1) is 17.1 Å². The van der Waals surface area contributed by atoms with Crippen LogP contribution in [-0.4, -0.2) is 57.7 Å². The second-order valence-electron chi connectivity index (χ2n) is 9.68. The predicted molar refractivity (Wildman–Crippen MR) is 107 cm³/mol. The molecular weight excluding hydrogens is 354 g/mol. The number of phenolic OH excluding ortho intramolecular Hbond substituents is 1. The fraction of sp³-hybridized carbons (Fsp3) is 0.739. The summed E-state index contributed by atoms with van der Waals surface area (Å²) in [6.07, 6.45) is 6.21. The summed E-state index contributed by atoms with van der Waals surface area (Å²) in [7, 11) is 2.13.